The lowest BCUT2D eigenvalue weighted by molar-refractivity contribution is 0.0471. The van der Waals surface area contributed by atoms with Crippen LogP contribution < -0.4 is 14.2 Å². The van der Waals surface area contributed by atoms with Crippen LogP contribution in [0.5, 0.6) is 17.2 Å². The van der Waals surface area contributed by atoms with E-state index < -0.39 is 5.97 Å². The number of carbonyl (C=O) groups is 2. The van der Waals surface area contributed by atoms with Crippen molar-refractivity contribution in [3.63, 3.8) is 0 Å². The highest BCUT2D eigenvalue weighted by atomic mass is 16.5. The molecular formula is C22H20O6. The Morgan fingerprint density at radius 3 is 2.29 bits per heavy atom. The maximum atomic E-state index is 12.5. The van der Waals surface area contributed by atoms with Crippen LogP contribution in [0, 0.1) is 0 Å². The van der Waals surface area contributed by atoms with Crippen LogP contribution in [-0.2, 0) is 4.74 Å². The van der Waals surface area contributed by atoms with Crippen LogP contribution in [0.25, 0.3) is 10.8 Å². The van der Waals surface area contributed by atoms with Gasteiger partial charge < -0.3 is 18.9 Å². The summed E-state index contributed by atoms with van der Waals surface area (Å²) >= 11 is 0. The summed E-state index contributed by atoms with van der Waals surface area (Å²) in [5, 5.41) is 1.85. The fourth-order valence-corrected chi connectivity index (χ4v) is 2.86. The first-order chi connectivity index (χ1) is 13.6. The largest absolute Gasteiger partial charge is 0.497 e. The molecule has 0 fully saturated rings. The third kappa shape index (κ3) is 3.91. The van der Waals surface area contributed by atoms with Crippen LogP contribution in [0.4, 0.5) is 0 Å². The average Bonchev–Trinajstić information content (AvgIpc) is 2.75. The monoisotopic (exact) mass is 380 g/mol. The van der Waals surface area contributed by atoms with Crippen molar-refractivity contribution in [2.24, 2.45) is 0 Å². The number of ketones is 1. The fraction of sp³-hybridized carbons (Fsp3) is 0.182. The molecule has 0 N–H and O–H groups in total. The SMILES string of the molecule is COc1ccc2cc(C(=O)COC(=O)c3cccc(OC)c3OC)ccc2c1. The van der Waals surface area contributed by atoms with Crippen LogP contribution in [0.2, 0.25) is 0 Å². The van der Waals surface area contributed by atoms with E-state index in [-0.39, 0.29) is 23.7 Å². The number of para-hydroxylation sites is 1. The minimum absolute atomic E-state index is 0.195. The minimum atomic E-state index is -0.658. The number of hydrogen-bond acceptors (Lipinski definition) is 6. The molecule has 0 radical (unpaired) electrons. The Bertz CT molecular complexity index is 1020. The van der Waals surface area contributed by atoms with Gasteiger partial charge in [-0.1, -0.05) is 24.3 Å². The predicted molar refractivity (Wildman–Crippen MR) is 105 cm³/mol. The molecule has 0 heterocycles. The Morgan fingerprint density at radius 2 is 1.57 bits per heavy atom. The zero-order chi connectivity index (χ0) is 20.1. The molecule has 0 aromatic heterocycles. The van der Waals surface area contributed by atoms with Gasteiger partial charge in [-0.2, -0.15) is 0 Å². The highest BCUT2D eigenvalue weighted by Crippen LogP contribution is 2.31. The number of benzene rings is 3. The number of fused-ring (bicyclic) bond motifs is 1. The second kappa shape index (κ2) is 8.43. The van der Waals surface area contributed by atoms with Gasteiger partial charge in [-0.25, -0.2) is 4.79 Å². The third-order valence-corrected chi connectivity index (χ3v) is 4.33. The summed E-state index contributed by atoms with van der Waals surface area (Å²) in [4.78, 5) is 24.9. The Morgan fingerprint density at radius 1 is 0.821 bits per heavy atom. The number of carbonyl (C=O) groups excluding carboxylic acids is 2. The van der Waals surface area contributed by atoms with Crippen molar-refractivity contribution in [3.05, 3.63) is 65.7 Å². The van der Waals surface area contributed by atoms with Crippen LogP contribution >= 0.6 is 0 Å². The molecule has 3 aromatic rings. The molecule has 0 aliphatic heterocycles. The molecule has 3 rings (SSSR count). The molecule has 0 unspecified atom stereocenters. The fourth-order valence-electron chi connectivity index (χ4n) is 2.86. The molecule has 0 amide bonds. The number of ether oxygens (including phenoxy) is 4. The van der Waals surface area contributed by atoms with E-state index in [9.17, 15) is 9.59 Å². The molecule has 6 nitrogen and oxygen atoms in total. The molecule has 6 heteroatoms. The highest BCUT2D eigenvalue weighted by molar-refractivity contribution is 6.02. The first-order valence-electron chi connectivity index (χ1n) is 8.56. The van der Waals surface area contributed by atoms with Gasteiger partial charge >= 0.3 is 5.97 Å². The van der Waals surface area contributed by atoms with Gasteiger partial charge in [0.1, 0.15) is 11.3 Å². The quantitative estimate of drug-likeness (QED) is 0.457. The molecule has 0 saturated heterocycles. The first-order valence-corrected chi connectivity index (χ1v) is 8.56. The van der Waals surface area contributed by atoms with Gasteiger partial charge in [0, 0.05) is 5.56 Å². The smallest absolute Gasteiger partial charge is 0.342 e. The lowest BCUT2D eigenvalue weighted by Gasteiger charge is -2.12. The first kappa shape index (κ1) is 19.2. The van der Waals surface area contributed by atoms with Crippen molar-refractivity contribution in [2.45, 2.75) is 0 Å². The molecule has 0 saturated carbocycles. The van der Waals surface area contributed by atoms with Gasteiger partial charge in [0.05, 0.1) is 21.3 Å². The van der Waals surface area contributed by atoms with Gasteiger partial charge in [-0.05, 0) is 41.1 Å². The standard InChI is InChI=1S/C22H20O6/c1-25-17-10-9-14-11-16(8-7-15(14)12-17)19(23)13-28-22(24)18-5-4-6-20(26-2)21(18)27-3/h4-12H,13H2,1-3H3. The normalized spacial score (nSPS) is 10.4. The summed E-state index contributed by atoms with van der Waals surface area (Å²) in [7, 11) is 4.51. The van der Waals surface area contributed by atoms with Crippen LogP contribution in [0.15, 0.2) is 54.6 Å². The average molecular weight is 380 g/mol. The maximum absolute atomic E-state index is 12.5. The molecule has 0 aliphatic rings. The molecular weight excluding hydrogens is 360 g/mol. The molecule has 0 atom stereocenters. The van der Waals surface area contributed by atoms with E-state index in [1.54, 1.807) is 37.4 Å². The Kier molecular flexibility index (Phi) is 5.79. The van der Waals surface area contributed by atoms with Crippen molar-refractivity contribution < 1.29 is 28.5 Å². The van der Waals surface area contributed by atoms with Gasteiger partial charge in [-0.3, -0.25) is 4.79 Å². The predicted octanol–water partition coefficient (Wildman–Crippen LogP) is 3.91. The Balaban J connectivity index is 1.73. The van der Waals surface area contributed by atoms with Gasteiger partial charge in [0.2, 0.25) is 0 Å². The zero-order valence-electron chi connectivity index (χ0n) is 15.9. The number of Topliss-reactive ketones (excluding diaryl/α,β-unsaturated/α-hetero) is 1. The molecule has 0 aliphatic carbocycles. The molecule has 0 bridgehead atoms. The number of rotatable bonds is 7. The van der Waals surface area contributed by atoms with E-state index in [4.69, 9.17) is 18.9 Å². The Labute approximate surface area is 162 Å². The van der Waals surface area contributed by atoms with Crippen LogP contribution in [0.1, 0.15) is 20.7 Å². The second-order valence-corrected chi connectivity index (χ2v) is 5.97. The molecule has 28 heavy (non-hydrogen) atoms. The summed E-state index contributed by atoms with van der Waals surface area (Å²) in [6.45, 7) is -0.374. The lowest BCUT2D eigenvalue weighted by Crippen LogP contribution is -2.15. The van der Waals surface area contributed by atoms with Crippen LogP contribution in [0.3, 0.4) is 0 Å². The van der Waals surface area contributed by atoms with Crippen molar-refractivity contribution in [3.8, 4) is 17.2 Å². The number of hydrogen-bond donors (Lipinski definition) is 0. The van der Waals surface area contributed by atoms with Crippen molar-refractivity contribution in [1.29, 1.82) is 0 Å². The maximum Gasteiger partial charge on any atom is 0.342 e. The van der Waals surface area contributed by atoms with E-state index in [1.807, 2.05) is 24.3 Å². The van der Waals surface area contributed by atoms with Gasteiger partial charge in [0.15, 0.2) is 23.9 Å². The van der Waals surface area contributed by atoms with E-state index in [2.05, 4.69) is 0 Å². The summed E-state index contributed by atoms with van der Waals surface area (Å²) in [5.41, 5.74) is 0.656. The number of esters is 1. The van der Waals surface area contributed by atoms with E-state index in [0.717, 1.165) is 16.5 Å². The zero-order valence-corrected chi connectivity index (χ0v) is 15.9. The molecule has 0 spiro atoms. The van der Waals surface area contributed by atoms with Crippen molar-refractivity contribution >= 4 is 22.5 Å². The second-order valence-electron chi connectivity index (χ2n) is 5.97. The lowest BCUT2D eigenvalue weighted by atomic mass is 10.0. The van der Waals surface area contributed by atoms with Gasteiger partial charge in [0.25, 0.3) is 0 Å². The Hall–Kier alpha value is -3.54. The van der Waals surface area contributed by atoms with E-state index >= 15 is 0 Å². The third-order valence-electron chi connectivity index (χ3n) is 4.33. The topological polar surface area (TPSA) is 71.1 Å². The highest BCUT2D eigenvalue weighted by Gasteiger charge is 2.19. The summed E-state index contributed by atoms with van der Waals surface area (Å²) in [6, 6.07) is 15.8. The summed E-state index contributed by atoms with van der Waals surface area (Å²) in [5.74, 6) is 0.464. The van der Waals surface area contributed by atoms with Crippen molar-refractivity contribution in [1.82, 2.24) is 0 Å². The van der Waals surface area contributed by atoms with E-state index in [0.29, 0.717) is 11.3 Å². The summed E-state index contributed by atoms with van der Waals surface area (Å²) < 4.78 is 20.8. The summed E-state index contributed by atoms with van der Waals surface area (Å²) in [6.07, 6.45) is 0. The van der Waals surface area contributed by atoms with E-state index in [1.165, 1.54) is 14.2 Å². The molecule has 144 valence electrons. The van der Waals surface area contributed by atoms with Crippen LogP contribution in [-0.4, -0.2) is 39.7 Å². The minimum Gasteiger partial charge on any atom is -0.497 e. The number of methoxy groups -OCH3 is 3. The molecule has 3 aromatic carbocycles. The van der Waals surface area contributed by atoms with Crippen molar-refractivity contribution in [2.75, 3.05) is 27.9 Å². The van der Waals surface area contributed by atoms with Gasteiger partial charge in [-0.15, -0.1) is 0 Å².